The monoisotopic (exact) mass is 421 g/mol. The number of hydrogen-bond acceptors (Lipinski definition) is 3. The molecule has 1 amide bonds. The average molecular weight is 422 g/mol. The van der Waals surface area contributed by atoms with Crippen LogP contribution in [0, 0.1) is 12.7 Å². The van der Waals surface area contributed by atoms with Crippen molar-refractivity contribution in [1.29, 1.82) is 0 Å². The molecule has 0 radical (unpaired) electrons. The number of pyridine rings is 1. The highest BCUT2D eigenvalue weighted by Crippen LogP contribution is 2.30. The number of hydrogen-bond donors (Lipinski definition) is 2. The van der Waals surface area contributed by atoms with Gasteiger partial charge >= 0.3 is 0 Å². The van der Waals surface area contributed by atoms with Crippen molar-refractivity contribution < 1.29 is 14.0 Å². The maximum atomic E-state index is 13.3. The molecule has 0 aliphatic carbocycles. The van der Waals surface area contributed by atoms with E-state index < -0.39 is 17.5 Å². The van der Waals surface area contributed by atoms with E-state index in [-0.39, 0.29) is 22.5 Å². The number of nitrogen functional groups attached to an aromatic ring is 1. The van der Waals surface area contributed by atoms with E-state index in [1.165, 1.54) is 24.3 Å². The van der Waals surface area contributed by atoms with Gasteiger partial charge in [-0.2, -0.15) is 0 Å². The van der Waals surface area contributed by atoms with E-state index in [9.17, 15) is 14.0 Å². The van der Waals surface area contributed by atoms with Gasteiger partial charge in [0.1, 0.15) is 11.5 Å². The summed E-state index contributed by atoms with van der Waals surface area (Å²) in [6.07, 6.45) is 1.66. The zero-order valence-electron chi connectivity index (χ0n) is 15.9. The number of rotatable bonds is 4. The number of nitrogens with two attached hydrogens (primary N) is 1. The summed E-state index contributed by atoms with van der Waals surface area (Å²) in [5.41, 5.74) is 8.81. The molecule has 0 unspecified atom stereocenters. The molecule has 0 saturated carbocycles. The van der Waals surface area contributed by atoms with Crippen LogP contribution < -0.4 is 11.1 Å². The number of ketones is 1. The SMILES string of the molecule is Cc1ccc(Cl)cc1NC(=O)c1c(N)c(C(=O)c2ccc(F)cc2)n2ccccc12. The van der Waals surface area contributed by atoms with Crippen molar-refractivity contribution in [3.05, 3.63) is 100 Å². The average Bonchev–Trinajstić information content (AvgIpc) is 3.02. The van der Waals surface area contributed by atoms with Crippen molar-refractivity contribution in [2.24, 2.45) is 0 Å². The van der Waals surface area contributed by atoms with Crippen LogP contribution in [0.4, 0.5) is 15.8 Å². The second-order valence-corrected chi connectivity index (χ2v) is 7.28. The van der Waals surface area contributed by atoms with Gasteiger partial charge in [0, 0.05) is 22.5 Å². The van der Waals surface area contributed by atoms with Crippen LogP contribution in [0.3, 0.4) is 0 Å². The number of amides is 1. The second-order valence-electron chi connectivity index (χ2n) is 6.84. The van der Waals surface area contributed by atoms with E-state index in [1.807, 2.05) is 6.92 Å². The molecule has 4 rings (SSSR count). The van der Waals surface area contributed by atoms with Crippen molar-refractivity contribution in [2.45, 2.75) is 6.92 Å². The number of anilines is 2. The first-order valence-electron chi connectivity index (χ1n) is 9.13. The minimum Gasteiger partial charge on any atom is -0.396 e. The topological polar surface area (TPSA) is 76.6 Å². The number of carbonyl (C=O) groups excluding carboxylic acids is 2. The highest BCUT2D eigenvalue weighted by Gasteiger charge is 2.26. The number of aromatic nitrogens is 1. The molecule has 30 heavy (non-hydrogen) atoms. The van der Waals surface area contributed by atoms with Gasteiger partial charge < -0.3 is 15.5 Å². The number of aryl methyl sites for hydroxylation is 1. The lowest BCUT2D eigenvalue weighted by Gasteiger charge is -2.09. The fraction of sp³-hybridized carbons (Fsp3) is 0.0435. The largest absolute Gasteiger partial charge is 0.396 e. The zero-order valence-corrected chi connectivity index (χ0v) is 16.7. The Balaban J connectivity index is 1.82. The lowest BCUT2D eigenvalue weighted by atomic mass is 10.1. The smallest absolute Gasteiger partial charge is 0.259 e. The Morgan fingerprint density at radius 3 is 2.53 bits per heavy atom. The fourth-order valence-electron chi connectivity index (χ4n) is 3.35. The highest BCUT2D eigenvalue weighted by molar-refractivity contribution is 6.31. The summed E-state index contributed by atoms with van der Waals surface area (Å²) in [5, 5.41) is 3.31. The molecule has 5 nitrogen and oxygen atoms in total. The van der Waals surface area contributed by atoms with Gasteiger partial charge in [0.05, 0.1) is 16.8 Å². The third kappa shape index (κ3) is 3.42. The third-order valence-corrected chi connectivity index (χ3v) is 5.11. The molecule has 2 aromatic carbocycles. The Bertz CT molecular complexity index is 1300. The van der Waals surface area contributed by atoms with Crippen molar-refractivity contribution >= 4 is 40.2 Å². The van der Waals surface area contributed by atoms with E-state index in [0.717, 1.165) is 5.56 Å². The Kier molecular flexibility index (Phi) is 5.01. The third-order valence-electron chi connectivity index (χ3n) is 4.88. The van der Waals surface area contributed by atoms with Gasteiger partial charge in [0.25, 0.3) is 5.91 Å². The first kappa shape index (κ1) is 19.7. The summed E-state index contributed by atoms with van der Waals surface area (Å²) in [6.45, 7) is 1.84. The number of benzene rings is 2. The van der Waals surface area contributed by atoms with Gasteiger partial charge in [-0.3, -0.25) is 9.59 Å². The van der Waals surface area contributed by atoms with E-state index in [4.69, 9.17) is 17.3 Å². The van der Waals surface area contributed by atoms with Crippen LogP contribution in [-0.2, 0) is 0 Å². The number of halogens is 2. The van der Waals surface area contributed by atoms with Crippen molar-refractivity contribution in [2.75, 3.05) is 11.1 Å². The summed E-state index contributed by atoms with van der Waals surface area (Å²) < 4.78 is 14.8. The van der Waals surface area contributed by atoms with Crippen molar-refractivity contribution in [3.8, 4) is 0 Å². The number of nitrogens with zero attached hydrogens (tertiary/aromatic N) is 1. The molecule has 0 fully saturated rings. The summed E-state index contributed by atoms with van der Waals surface area (Å²) in [5.74, 6) is -1.32. The van der Waals surface area contributed by atoms with Crippen LogP contribution in [0.1, 0.15) is 32.0 Å². The predicted molar refractivity (Wildman–Crippen MR) is 116 cm³/mol. The van der Waals surface area contributed by atoms with E-state index >= 15 is 0 Å². The molecular formula is C23H17ClFN3O2. The van der Waals surface area contributed by atoms with Crippen LogP contribution >= 0.6 is 11.6 Å². The van der Waals surface area contributed by atoms with Gasteiger partial charge in [0.2, 0.25) is 5.78 Å². The van der Waals surface area contributed by atoms with Gasteiger partial charge in [-0.05, 0) is 61.0 Å². The lowest BCUT2D eigenvalue weighted by molar-refractivity contribution is 0.102. The molecule has 150 valence electrons. The maximum Gasteiger partial charge on any atom is 0.259 e. The van der Waals surface area contributed by atoms with Crippen LogP contribution in [0.25, 0.3) is 5.52 Å². The minimum atomic E-state index is -0.459. The predicted octanol–water partition coefficient (Wildman–Crippen LogP) is 5.11. The summed E-state index contributed by atoms with van der Waals surface area (Å²) in [6, 6.07) is 15.5. The molecule has 0 spiro atoms. The highest BCUT2D eigenvalue weighted by atomic mass is 35.5. The Morgan fingerprint density at radius 2 is 1.80 bits per heavy atom. The molecule has 2 aromatic heterocycles. The maximum absolute atomic E-state index is 13.3. The van der Waals surface area contributed by atoms with E-state index in [0.29, 0.717) is 16.2 Å². The molecule has 4 aromatic rings. The van der Waals surface area contributed by atoms with Gasteiger partial charge in [-0.15, -0.1) is 0 Å². The van der Waals surface area contributed by atoms with Crippen molar-refractivity contribution in [1.82, 2.24) is 4.40 Å². The summed E-state index contributed by atoms with van der Waals surface area (Å²) in [7, 11) is 0. The number of nitrogens with one attached hydrogen (secondary N) is 1. The summed E-state index contributed by atoms with van der Waals surface area (Å²) in [4.78, 5) is 26.2. The van der Waals surface area contributed by atoms with Crippen LogP contribution in [-0.4, -0.2) is 16.1 Å². The number of carbonyl (C=O) groups is 2. The van der Waals surface area contributed by atoms with Gasteiger partial charge in [-0.25, -0.2) is 4.39 Å². The molecular weight excluding hydrogens is 405 g/mol. The van der Waals surface area contributed by atoms with Crippen LogP contribution in [0.5, 0.6) is 0 Å². The molecule has 3 N–H and O–H groups in total. The molecule has 2 heterocycles. The summed E-state index contributed by atoms with van der Waals surface area (Å²) >= 11 is 6.05. The second kappa shape index (κ2) is 7.65. The standard InChI is InChI=1S/C23H17ClFN3O2/c1-13-5-8-15(24)12-17(13)27-23(30)19-18-4-2-3-11-28(18)21(20(19)26)22(29)14-6-9-16(25)10-7-14/h2-12H,26H2,1H3,(H,27,30). The van der Waals surface area contributed by atoms with E-state index in [1.54, 1.807) is 47.0 Å². The minimum absolute atomic E-state index is 0.0488. The lowest BCUT2D eigenvalue weighted by Crippen LogP contribution is -2.15. The van der Waals surface area contributed by atoms with Crippen LogP contribution in [0.15, 0.2) is 66.9 Å². The van der Waals surface area contributed by atoms with Gasteiger partial charge in [0.15, 0.2) is 0 Å². The first-order valence-corrected chi connectivity index (χ1v) is 9.51. The Morgan fingerprint density at radius 1 is 1.07 bits per heavy atom. The normalized spacial score (nSPS) is 10.9. The Hall–Kier alpha value is -3.64. The molecule has 7 heteroatoms. The van der Waals surface area contributed by atoms with Crippen LogP contribution in [0.2, 0.25) is 5.02 Å². The molecule has 0 aliphatic rings. The van der Waals surface area contributed by atoms with Crippen molar-refractivity contribution in [3.63, 3.8) is 0 Å². The molecule has 0 aliphatic heterocycles. The molecule has 0 bridgehead atoms. The first-order chi connectivity index (χ1) is 14.4. The quantitative estimate of drug-likeness (QED) is 0.450. The number of fused-ring (bicyclic) bond motifs is 1. The van der Waals surface area contributed by atoms with E-state index in [2.05, 4.69) is 5.32 Å². The Labute approximate surface area is 176 Å². The fourth-order valence-corrected chi connectivity index (χ4v) is 3.52. The molecule has 0 atom stereocenters. The van der Waals surface area contributed by atoms with Gasteiger partial charge in [-0.1, -0.05) is 23.7 Å². The zero-order chi connectivity index (χ0) is 21.4. The molecule has 0 saturated heterocycles.